The van der Waals surface area contributed by atoms with Crippen molar-refractivity contribution < 1.29 is 4.39 Å². The van der Waals surface area contributed by atoms with E-state index in [2.05, 4.69) is 16.5 Å². The lowest BCUT2D eigenvalue weighted by Crippen LogP contribution is -2.22. The van der Waals surface area contributed by atoms with E-state index in [0.717, 1.165) is 11.9 Å². The molecule has 1 atom stereocenters. The summed E-state index contributed by atoms with van der Waals surface area (Å²) in [6, 6.07) is 3.34. The fourth-order valence-corrected chi connectivity index (χ4v) is 3.86. The Labute approximate surface area is 129 Å². The molecule has 21 heavy (non-hydrogen) atoms. The van der Waals surface area contributed by atoms with Crippen LogP contribution in [0.1, 0.15) is 51.5 Å². The highest BCUT2D eigenvalue weighted by atomic mass is 35.5. The molecule has 1 aromatic carbocycles. The number of nitrogen functional groups attached to an aromatic ring is 1. The number of aromatic nitrogens is 2. The summed E-state index contributed by atoms with van der Waals surface area (Å²) >= 11 is 5.95. The van der Waals surface area contributed by atoms with Crippen LogP contribution in [0.3, 0.4) is 0 Å². The third kappa shape index (κ3) is 2.61. The van der Waals surface area contributed by atoms with Gasteiger partial charge in [-0.15, -0.1) is 0 Å². The maximum Gasteiger partial charge on any atom is 0.201 e. The zero-order valence-corrected chi connectivity index (χ0v) is 13.0. The SMILES string of the molecule is CCC(C1CCCCC1)n1c(N)nc2cc(F)c(Cl)cc21. The summed E-state index contributed by atoms with van der Waals surface area (Å²) in [7, 11) is 0. The van der Waals surface area contributed by atoms with Crippen LogP contribution in [0.5, 0.6) is 0 Å². The van der Waals surface area contributed by atoms with Crippen LogP contribution < -0.4 is 5.73 Å². The van der Waals surface area contributed by atoms with Gasteiger partial charge in [0.25, 0.3) is 0 Å². The van der Waals surface area contributed by atoms with Crippen molar-refractivity contribution in [3.63, 3.8) is 0 Å². The molecule has 0 spiro atoms. The molecule has 0 bridgehead atoms. The average Bonchev–Trinajstić information content (AvgIpc) is 2.78. The first-order valence-electron chi connectivity index (χ1n) is 7.74. The van der Waals surface area contributed by atoms with Crippen molar-refractivity contribution >= 4 is 28.6 Å². The molecule has 1 heterocycles. The van der Waals surface area contributed by atoms with Crippen molar-refractivity contribution in [2.24, 2.45) is 5.92 Å². The molecule has 0 amide bonds. The lowest BCUT2D eigenvalue weighted by molar-refractivity contribution is 0.249. The fourth-order valence-electron chi connectivity index (χ4n) is 3.70. The second-order valence-electron chi connectivity index (χ2n) is 5.97. The molecule has 1 aliphatic rings. The lowest BCUT2D eigenvalue weighted by Gasteiger charge is -2.31. The minimum absolute atomic E-state index is 0.127. The predicted molar refractivity (Wildman–Crippen MR) is 85.0 cm³/mol. The molecule has 1 aromatic heterocycles. The van der Waals surface area contributed by atoms with Crippen molar-refractivity contribution in [3.8, 4) is 0 Å². The Bertz CT molecular complexity index is 646. The molecule has 114 valence electrons. The van der Waals surface area contributed by atoms with Crippen LogP contribution in [0.15, 0.2) is 12.1 Å². The molecular formula is C16H21ClFN3. The Morgan fingerprint density at radius 2 is 2.10 bits per heavy atom. The van der Waals surface area contributed by atoms with Crippen LogP contribution in [0, 0.1) is 11.7 Å². The molecule has 1 saturated carbocycles. The van der Waals surface area contributed by atoms with Gasteiger partial charge in [0.15, 0.2) is 0 Å². The highest BCUT2D eigenvalue weighted by Gasteiger charge is 2.27. The van der Waals surface area contributed by atoms with Gasteiger partial charge in [-0.3, -0.25) is 0 Å². The lowest BCUT2D eigenvalue weighted by atomic mass is 9.82. The van der Waals surface area contributed by atoms with Crippen molar-refractivity contribution in [1.82, 2.24) is 9.55 Å². The molecule has 0 radical (unpaired) electrons. The van der Waals surface area contributed by atoms with Crippen molar-refractivity contribution in [2.45, 2.75) is 51.5 Å². The highest BCUT2D eigenvalue weighted by molar-refractivity contribution is 6.31. The van der Waals surface area contributed by atoms with Gasteiger partial charge in [-0.2, -0.15) is 0 Å². The summed E-state index contributed by atoms with van der Waals surface area (Å²) in [5.41, 5.74) is 7.55. The summed E-state index contributed by atoms with van der Waals surface area (Å²) in [5, 5.41) is 0.127. The van der Waals surface area contributed by atoms with E-state index in [1.807, 2.05) is 0 Å². The number of imidazole rings is 1. The molecule has 3 nitrogen and oxygen atoms in total. The first kappa shape index (κ1) is 14.6. The molecule has 1 unspecified atom stereocenters. The number of nitrogens with zero attached hydrogens (tertiary/aromatic N) is 2. The minimum Gasteiger partial charge on any atom is -0.369 e. The molecule has 2 aromatic rings. The topological polar surface area (TPSA) is 43.8 Å². The van der Waals surface area contributed by atoms with Gasteiger partial charge in [-0.1, -0.05) is 37.8 Å². The Morgan fingerprint density at radius 3 is 2.76 bits per heavy atom. The molecule has 0 saturated heterocycles. The number of benzene rings is 1. The Hall–Kier alpha value is -1.29. The third-order valence-electron chi connectivity index (χ3n) is 4.70. The van der Waals surface area contributed by atoms with Gasteiger partial charge in [-0.05, 0) is 31.2 Å². The maximum absolute atomic E-state index is 13.6. The normalized spacial score (nSPS) is 18.2. The van der Waals surface area contributed by atoms with Crippen molar-refractivity contribution in [1.29, 1.82) is 0 Å². The summed E-state index contributed by atoms with van der Waals surface area (Å²) in [4.78, 5) is 4.32. The molecule has 0 aliphatic heterocycles. The molecular weight excluding hydrogens is 289 g/mol. The van der Waals surface area contributed by atoms with Gasteiger partial charge >= 0.3 is 0 Å². The number of rotatable bonds is 3. The van der Waals surface area contributed by atoms with E-state index >= 15 is 0 Å². The van der Waals surface area contributed by atoms with E-state index in [0.29, 0.717) is 23.4 Å². The second-order valence-corrected chi connectivity index (χ2v) is 6.38. The molecule has 1 fully saturated rings. The Kier molecular flexibility index (Phi) is 4.07. The van der Waals surface area contributed by atoms with E-state index in [1.54, 1.807) is 6.07 Å². The number of nitrogens with two attached hydrogens (primary N) is 1. The van der Waals surface area contributed by atoms with Crippen LogP contribution in [0.25, 0.3) is 11.0 Å². The number of fused-ring (bicyclic) bond motifs is 1. The first-order chi connectivity index (χ1) is 10.1. The summed E-state index contributed by atoms with van der Waals surface area (Å²) in [6.07, 6.45) is 7.34. The predicted octanol–water partition coefficient (Wildman–Crippen LogP) is 4.94. The van der Waals surface area contributed by atoms with Crippen LogP contribution >= 0.6 is 11.6 Å². The van der Waals surface area contributed by atoms with Gasteiger partial charge in [-0.25, -0.2) is 9.37 Å². The molecule has 2 N–H and O–H groups in total. The first-order valence-corrected chi connectivity index (χ1v) is 8.12. The zero-order valence-electron chi connectivity index (χ0n) is 12.3. The monoisotopic (exact) mass is 309 g/mol. The van der Waals surface area contributed by atoms with Crippen LogP contribution in [-0.2, 0) is 0 Å². The average molecular weight is 310 g/mol. The number of hydrogen-bond acceptors (Lipinski definition) is 2. The fraction of sp³-hybridized carbons (Fsp3) is 0.562. The van der Waals surface area contributed by atoms with Gasteiger partial charge < -0.3 is 10.3 Å². The molecule has 3 rings (SSSR count). The largest absolute Gasteiger partial charge is 0.369 e. The maximum atomic E-state index is 13.6. The summed E-state index contributed by atoms with van der Waals surface area (Å²) in [5.74, 6) is 0.635. The second kappa shape index (κ2) is 5.84. The van der Waals surface area contributed by atoms with Crippen LogP contribution in [0.4, 0.5) is 10.3 Å². The Morgan fingerprint density at radius 1 is 1.38 bits per heavy atom. The van der Waals surface area contributed by atoms with E-state index in [9.17, 15) is 4.39 Å². The van der Waals surface area contributed by atoms with E-state index in [-0.39, 0.29) is 5.02 Å². The van der Waals surface area contributed by atoms with Gasteiger partial charge in [0.05, 0.1) is 16.1 Å². The Balaban J connectivity index is 2.08. The van der Waals surface area contributed by atoms with Gasteiger partial charge in [0, 0.05) is 12.1 Å². The van der Waals surface area contributed by atoms with Crippen LogP contribution in [-0.4, -0.2) is 9.55 Å². The smallest absolute Gasteiger partial charge is 0.201 e. The van der Waals surface area contributed by atoms with E-state index in [4.69, 9.17) is 17.3 Å². The third-order valence-corrected chi connectivity index (χ3v) is 4.99. The van der Waals surface area contributed by atoms with Crippen LogP contribution in [0.2, 0.25) is 5.02 Å². The quantitative estimate of drug-likeness (QED) is 0.872. The van der Waals surface area contributed by atoms with Crippen molar-refractivity contribution in [2.75, 3.05) is 5.73 Å². The standard InChI is InChI=1S/C16H21ClFN3/c1-2-14(10-6-4-3-5-7-10)21-15-8-11(17)12(18)9-13(15)20-16(21)19/h8-10,14H,2-7H2,1H3,(H2,19,20). The minimum atomic E-state index is -0.445. The van der Waals surface area contributed by atoms with E-state index < -0.39 is 5.82 Å². The highest BCUT2D eigenvalue weighted by Crippen LogP contribution is 2.38. The zero-order chi connectivity index (χ0) is 15.0. The number of hydrogen-bond donors (Lipinski definition) is 1. The molecule has 1 aliphatic carbocycles. The number of anilines is 1. The van der Waals surface area contributed by atoms with E-state index in [1.165, 1.54) is 38.2 Å². The number of halogens is 2. The summed E-state index contributed by atoms with van der Waals surface area (Å²) in [6.45, 7) is 2.18. The molecule has 5 heteroatoms. The summed E-state index contributed by atoms with van der Waals surface area (Å²) < 4.78 is 15.7. The van der Waals surface area contributed by atoms with Gasteiger partial charge in [0.2, 0.25) is 5.95 Å². The van der Waals surface area contributed by atoms with Crippen molar-refractivity contribution in [3.05, 3.63) is 23.0 Å². The van der Waals surface area contributed by atoms with Gasteiger partial charge in [0.1, 0.15) is 5.82 Å².